The van der Waals surface area contributed by atoms with Gasteiger partial charge in [-0.3, -0.25) is 0 Å². The van der Waals surface area contributed by atoms with Gasteiger partial charge in [0.1, 0.15) is 0 Å². The van der Waals surface area contributed by atoms with Gasteiger partial charge >= 0.3 is 0 Å². The predicted molar refractivity (Wildman–Crippen MR) is 83.0 cm³/mol. The van der Waals surface area contributed by atoms with Gasteiger partial charge in [-0.25, -0.2) is 0 Å². The number of ether oxygens (including phenoxy) is 3. The molecule has 21 heavy (non-hydrogen) atoms. The van der Waals surface area contributed by atoms with Crippen molar-refractivity contribution in [2.24, 2.45) is 0 Å². The Morgan fingerprint density at radius 1 is 1.33 bits per heavy atom. The lowest BCUT2D eigenvalue weighted by Gasteiger charge is -2.25. The highest BCUT2D eigenvalue weighted by Crippen LogP contribution is 2.34. The van der Waals surface area contributed by atoms with E-state index in [2.05, 4.69) is 36.3 Å². The van der Waals surface area contributed by atoms with Crippen LogP contribution in [0.2, 0.25) is 0 Å². The second-order valence-electron chi connectivity index (χ2n) is 5.33. The van der Waals surface area contributed by atoms with Gasteiger partial charge in [-0.2, -0.15) is 0 Å². The zero-order chi connectivity index (χ0) is 15.1. The number of methoxy groups -OCH3 is 1. The van der Waals surface area contributed by atoms with E-state index in [1.54, 1.807) is 7.11 Å². The van der Waals surface area contributed by atoms with Crippen LogP contribution < -0.4 is 14.8 Å². The van der Waals surface area contributed by atoms with E-state index in [-0.39, 0.29) is 6.04 Å². The second-order valence-corrected chi connectivity index (χ2v) is 5.33. The topological polar surface area (TPSA) is 43.0 Å². The van der Waals surface area contributed by atoms with Crippen molar-refractivity contribution in [2.45, 2.75) is 19.4 Å². The van der Waals surface area contributed by atoms with E-state index >= 15 is 0 Å². The Morgan fingerprint density at radius 2 is 2.14 bits per heavy atom. The average Bonchev–Trinajstić information content (AvgIpc) is 2.94. The van der Waals surface area contributed by atoms with E-state index in [4.69, 9.17) is 14.2 Å². The van der Waals surface area contributed by atoms with E-state index in [0.717, 1.165) is 44.2 Å². The summed E-state index contributed by atoms with van der Waals surface area (Å²) in [5, 5.41) is 3.54. The molecule has 118 valence electrons. The number of nitrogens with zero attached hydrogens (tertiary/aromatic N) is 1. The van der Waals surface area contributed by atoms with E-state index in [9.17, 15) is 0 Å². The van der Waals surface area contributed by atoms with Gasteiger partial charge in [-0.15, -0.1) is 0 Å². The normalized spacial score (nSPS) is 14.7. The third-order valence-electron chi connectivity index (χ3n) is 3.63. The van der Waals surface area contributed by atoms with E-state index < -0.39 is 0 Å². The van der Waals surface area contributed by atoms with Gasteiger partial charge in [0.15, 0.2) is 11.5 Å². The molecule has 2 rings (SSSR count). The lowest BCUT2D eigenvalue weighted by Crippen LogP contribution is -2.33. The molecule has 0 amide bonds. The molecule has 1 atom stereocenters. The fourth-order valence-electron chi connectivity index (χ4n) is 2.55. The van der Waals surface area contributed by atoms with Crippen LogP contribution in [0, 0.1) is 0 Å². The van der Waals surface area contributed by atoms with Gasteiger partial charge in [-0.05, 0) is 37.7 Å². The Kier molecular flexibility index (Phi) is 6.29. The standard InChI is InChI=1S/C16H26N2O3/c1-4-17-14(11-18(2)8-5-9-19-3)13-6-7-15-16(10-13)21-12-20-15/h6-7,10,14,17H,4-5,8-9,11-12H2,1-3H3. The van der Waals surface area contributed by atoms with Crippen LogP contribution in [0.3, 0.4) is 0 Å². The first kappa shape index (κ1) is 16.1. The van der Waals surface area contributed by atoms with Gasteiger partial charge in [-0.1, -0.05) is 13.0 Å². The van der Waals surface area contributed by atoms with Crippen molar-refractivity contribution in [2.75, 3.05) is 47.2 Å². The highest BCUT2D eigenvalue weighted by Gasteiger charge is 2.18. The Bertz CT molecular complexity index is 440. The van der Waals surface area contributed by atoms with Crippen molar-refractivity contribution < 1.29 is 14.2 Å². The fraction of sp³-hybridized carbons (Fsp3) is 0.625. The van der Waals surface area contributed by atoms with Crippen LogP contribution in [0.5, 0.6) is 11.5 Å². The molecule has 1 aliphatic rings. The summed E-state index contributed by atoms with van der Waals surface area (Å²) in [7, 11) is 3.89. The van der Waals surface area contributed by atoms with Crippen LogP contribution in [0.15, 0.2) is 18.2 Å². The molecule has 0 aromatic heterocycles. The second kappa shape index (κ2) is 8.22. The molecule has 1 N–H and O–H groups in total. The number of benzene rings is 1. The monoisotopic (exact) mass is 294 g/mol. The quantitative estimate of drug-likeness (QED) is 0.706. The summed E-state index contributed by atoms with van der Waals surface area (Å²) in [6.45, 7) is 6.18. The zero-order valence-electron chi connectivity index (χ0n) is 13.2. The molecule has 1 aromatic carbocycles. The Labute approximate surface area is 127 Å². The summed E-state index contributed by atoms with van der Waals surface area (Å²) in [6.07, 6.45) is 1.05. The van der Waals surface area contributed by atoms with E-state index in [1.165, 1.54) is 5.56 Å². The summed E-state index contributed by atoms with van der Waals surface area (Å²) in [6, 6.07) is 6.48. The van der Waals surface area contributed by atoms with Crippen LogP contribution in [0.1, 0.15) is 24.9 Å². The molecule has 0 radical (unpaired) electrons. The van der Waals surface area contributed by atoms with Crippen molar-refractivity contribution in [1.82, 2.24) is 10.2 Å². The average molecular weight is 294 g/mol. The van der Waals surface area contributed by atoms with Crippen molar-refractivity contribution in [3.63, 3.8) is 0 Å². The SMILES string of the molecule is CCNC(CN(C)CCCOC)c1ccc2c(c1)OCO2. The van der Waals surface area contributed by atoms with Crippen molar-refractivity contribution in [3.05, 3.63) is 23.8 Å². The van der Waals surface area contributed by atoms with Gasteiger partial charge < -0.3 is 24.4 Å². The van der Waals surface area contributed by atoms with Gasteiger partial charge in [0.25, 0.3) is 0 Å². The maximum absolute atomic E-state index is 5.47. The summed E-state index contributed by atoms with van der Waals surface area (Å²) < 4.78 is 16.0. The summed E-state index contributed by atoms with van der Waals surface area (Å²) in [5.74, 6) is 1.68. The minimum absolute atomic E-state index is 0.289. The summed E-state index contributed by atoms with van der Waals surface area (Å²) in [4.78, 5) is 2.33. The molecule has 1 aliphatic heterocycles. The van der Waals surface area contributed by atoms with Crippen molar-refractivity contribution in [1.29, 1.82) is 0 Å². The van der Waals surface area contributed by atoms with E-state index in [0.29, 0.717) is 6.79 Å². The molecular weight excluding hydrogens is 268 g/mol. The van der Waals surface area contributed by atoms with Gasteiger partial charge in [0, 0.05) is 32.8 Å². The molecule has 1 unspecified atom stereocenters. The smallest absolute Gasteiger partial charge is 0.231 e. The van der Waals surface area contributed by atoms with Crippen LogP contribution >= 0.6 is 0 Å². The minimum atomic E-state index is 0.289. The van der Waals surface area contributed by atoms with Crippen molar-refractivity contribution in [3.8, 4) is 11.5 Å². The van der Waals surface area contributed by atoms with Gasteiger partial charge in [0.2, 0.25) is 6.79 Å². The molecule has 1 aromatic rings. The largest absolute Gasteiger partial charge is 0.454 e. The molecule has 1 heterocycles. The zero-order valence-corrected chi connectivity index (χ0v) is 13.2. The van der Waals surface area contributed by atoms with Crippen LogP contribution in [-0.4, -0.2) is 52.1 Å². The number of nitrogens with one attached hydrogen (secondary N) is 1. The van der Waals surface area contributed by atoms with Crippen LogP contribution in [0.25, 0.3) is 0 Å². The first-order valence-corrected chi connectivity index (χ1v) is 7.55. The molecule has 0 bridgehead atoms. The molecule has 0 spiro atoms. The third kappa shape index (κ3) is 4.59. The summed E-state index contributed by atoms with van der Waals surface area (Å²) >= 11 is 0. The number of rotatable bonds is 9. The number of hydrogen-bond donors (Lipinski definition) is 1. The fourth-order valence-corrected chi connectivity index (χ4v) is 2.55. The lowest BCUT2D eigenvalue weighted by atomic mass is 10.1. The maximum atomic E-state index is 5.47. The third-order valence-corrected chi connectivity index (χ3v) is 3.63. The lowest BCUT2D eigenvalue weighted by molar-refractivity contribution is 0.173. The first-order chi connectivity index (χ1) is 10.2. The van der Waals surface area contributed by atoms with E-state index in [1.807, 2.05) is 6.07 Å². The molecule has 0 saturated carbocycles. The molecule has 5 nitrogen and oxygen atoms in total. The van der Waals surface area contributed by atoms with Crippen LogP contribution in [-0.2, 0) is 4.74 Å². The Balaban J connectivity index is 1.97. The highest BCUT2D eigenvalue weighted by molar-refractivity contribution is 5.45. The van der Waals surface area contributed by atoms with Crippen LogP contribution in [0.4, 0.5) is 0 Å². The Morgan fingerprint density at radius 3 is 2.90 bits per heavy atom. The van der Waals surface area contributed by atoms with Crippen molar-refractivity contribution >= 4 is 0 Å². The maximum Gasteiger partial charge on any atom is 0.231 e. The number of fused-ring (bicyclic) bond motifs is 1. The highest BCUT2D eigenvalue weighted by atomic mass is 16.7. The van der Waals surface area contributed by atoms with Gasteiger partial charge in [0.05, 0.1) is 0 Å². The Hall–Kier alpha value is -1.30. The minimum Gasteiger partial charge on any atom is -0.454 e. The summed E-state index contributed by atoms with van der Waals surface area (Å²) in [5.41, 5.74) is 1.24. The molecule has 0 fully saturated rings. The first-order valence-electron chi connectivity index (χ1n) is 7.55. The molecular formula is C16H26N2O3. The number of likely N-dealkylation sites (N-methyl/N-ethyl adjacent to an activating group) is 2. The molecule has 0 saturated heterocycles. The molecule has 0 aliphatic carbocycles. The molecule has 5 heteroatoms. The predicted octanol–water partition coefficient (Wildman–Crippen LogP) is 2.03. The number of hydrogen-bond acceptors (Lipinski definition) is 5.